The fourth-order valence-electron chi connectivity index (χ4n) is 1.73. The molecule has 0 aliphatic heterocycles. The second-order valence-electron chi connectivity index (χ2n) is 4.94. The molecule has 0 radical (unpaired) electrons. The molecule has 0 spiro atoms. The summed E-state index contributed by atoms with van der Waals surface area (Å²) in [5.74, 6) is 0.0367. The first-order chi connectivity index (χ1) is 9.58. The van der Waals surface area contributed by atoms with Gasteiger partial charge in [0.1, 0.15) is 0 Å². The summed E-state index contributed by atoms with van der Waals surface area (Å²) in [6.07, 6.45) is 3.53. The summed E-state index contributed by atoms with van der Waals surface area (Å²) in [7, 11) is 1.82. The van der Waals surface area contributed by atoms with Crippen LogP contribution >= 0.6 is 11.3 Å². The number of amides is 1. The van der Waals surface area contributed by atoms with Crippen molar-refractivity contribution >= 4 is 23.3 Å². The summed E-state index contributed by atoms with van der Waals surface area (Å²) in [6.45, 7) is 4.01. The van der Waals surface area contributed by atoms with Crippen molar-refractivity contribution in [3.05, 3.63) is 53.4 Å². The maximum absolute atomic E-state index is 11.9. The summed E-state index contributed by atoms with van der Waals surface area (Å²) in [5, 5.41) is 0. The van der Waals surface area contributed by atoms with Gasteiger partial charge < -0.3 is 4.90 Å². The minimum absolute atomic E-state index is 0.0367. The highest BCUT2D eigenvalue weighted by Gasteiger charge is 2.08. The number of nitrogens with zero attached hydrogens (tertiary/aromatic N) is 1. The van der Waals surface area contributed by atoms with Crippen LogP contribution in [0.15, 0.2) is 48.5 Å². The highest BCUT2D eigenvalue weighted by molar-refractivity contribution is 7.16. The maximum Gasteiger partial charge on any atom is 0.246 e. The number of hydrogen-bond donors (Lipinski definition) is 0. The van der Waals surface area contributed by atoms with Gasteiger partial charge >= 0.3 is 0 Å². The Labute approximate surface area is 124 Å². The van der Waals surface area contributed by atoms with Gasteiger partial charge in [0.25, 0.3) is 0 Å². The second-order valence-corrected chi connectivity index (χ2v) is 6.06. The van der Waals surface area contributed by atoms with E-state index >= 15 is 0 Å². The summed E-state index contributed by atoms with van der Waals surface area (Å²) in [4.78, 5) is 15.9. The van der Waals surface area contributed by atoms with Crippen molar-refractivity contribution in [1.82, 2.24) is 4.90 Å². The van der Waals surface area contributed by atoms with E-state index in [1.54, 1.807) is 22.3 Å². The molecular weight excluding hydrogens is 266 g/mol. The van der Waals surface area contributed by atoms with Crippen LogP contribution < -0.4 is 0 Å². The Bertz CT molecular complexity index is 598. The first-order valence-electron chi connectivity index (χ1n) is 6.68. The van der Waals surface area contributed by atoms with E-state index in [1.807, 2.05) is 51.2 Å². The zero-order valence-corrected chi connectivity index (χ0v) is 12.9. The van der Waals surface area contributed by atoms with Crippen LogP contribution in [0, 0.1) is 0 Å². The lowest BCUT2D eigenvalue weighted by Gasteiger charge is -2.19. The summed E-state index contributed by atoms with van der Waals surface area (Å²) in [5.41, 5.74) is 1.21. The number of hydrogen-bond acceptors (Lipinski definition) is 2. The average molecular weight is 285 g/mol. The SMILES string of the molecule is CC(C)N(C)C(=O)/C=C/c1ccc(-c2ccccc2)s1. The zero-order valence-electron chi connectivity index (χ0n) is 12.0. The summed E-state index contributed by atoms with van der Waals surface area (Å²) >= 11 is 1.69. The molecule has 0 unspecified atom stereocenters. The molecule has 3 heteroatoms. The second kappa shape index (κ2) is 6.53. The lowest BCUT2D eigenvalue weighted by Crippen LogP contribution is -2.31. The van der Waals surface area contributed by atoms with E-state index in [0.717, 1.165) is 4.88 Å². The molecule has 0 aliphatic rings. The van der Waals surface area contributed by atoms with Crippen LogP contribution in [0.4, 0.5) is 0 Å². The van der Waals surface area contributed by atoms with Gasteiger partial charge in [-0.1, -0.05) is 30.3 Å². The molecule has 0 bridgehead atoms. The number of thiophene rings is 1. The van der Waals surface area contributed by atoms with Gasteiger partial charge in [0.05, 0.1) is 0 Å². The van der Waals surface area contributed by atoms with Gasteiger partial charge in [0.2, 0.25) is 5.91 Å². The molecule has 0 atom stereocenters. The minimum Gasteiger partial charge on any atom is -0.340 e. The number of carbonyl (C=O) groups excluding carboxylic acids is 1. The van der Waals surface area contributed by atoms with Gasteiger partial charge in [0, 0.05) is 28.9 Å². The molecule has 104 valence electrons. The molecule has 1 aromatic carbocycles. The molecular formula is C17H19NOS. The van der Waals surface area contributed by atoms with E-state index < -0.39 is 0 Å². The normalized spacial score (nSPS) is 11.2. The molecule has 2 rings (SSSR count). The Balaban J connectivity index is 2.09. The lowest BCUT2D eigenvalue weighted by atomic mass is 10.2. The minimum atomic E-state index is 0.0367. The molecule has 0 N–H and O–H groups in total. The monoisotopic (exact) mass is 285 g/mol. The maximum atomic E-state index is 11.9. The number of likely N-dealkylation sites (N-methyl/N-ethyl adjacent to an activating group) is 1. The van der Waals surface area contributed by atoms with Gasteiger partial charge in [-0.15, -0.1) is 11.3 Å². The fraction of sp³-hybridized carbons (Fsp3) is 0.235. The highest BCUT2D eigenvalue weighted by Crippen LogP contribution is 2.28. The predicted octanol–water partition coefficient (Wildman–Crippen LogP) is 4.30. The Morgan fingerprint density at radius 1 is 1.15 bits per heavy atom. The first kappa shape index (κ1) is 14.5. The van der Waals surface area contributed by atoms with Gasteiger partial charge in [-0.3, -0.25) is 4.79 Å². The van der Waals surface area contributed by atoms with E-state index in [-0.39, 0.29) is 11.9 Å². The molecule has 1 heterocycles. The van der Waals surface area contributed by atoms with Crippen LogP contribution in [0.3, 0.4) is 0 Å². The highest BCUT2D eigenvalue weighted by atomic mass is 32.1. The summed E-state index contributed by atoms with van der Waals surface area (Å²) < 4.78 is 0. The fourth-order valence-corrected chi connectivity index (χ4v) is 2.64. The third-order valence-corrected chi connectivity index (χ3v) is 4.30. The van der Waals surface area contributed by atoms with Gasteiger partial charge in [-0.25, -0.2) is 0 Å². The molecule has 20 heavy (non-hydrogen) atoms. The van der Waals surface area contributed by atoms with Crippen molar-refractivity contribution in [1.29, 1.82) is 0 Å². The molecule has 0 saturated carbocycles. The van der Waals surface area contributed by atoms with E-state index in [4.69, 9.17) is 0 Å². The van der Waals surface area contributed by atoms with Crippen LogP contribution in [0.25, 0.3) is 16.5 Å². The molecule has 1 amide bonds. The molecule has 0 saturated heterocycles. The number of benzene rings is 1. The van der Waals surface area contributed by atoms with Crippen molar-refractivity contribution < 1.29 is 4.79 Å². The Hall–Kier alpha value is -1.87. The van der Waals surface area contributed by atoms with E-state index in [9.17, 15) is 4.79 Å². The van der Waals surface area contributed by atoms with E-state index in [1.165, 1.54) is 10.4 Å². The van der Waals surface area contributed by atoms with Crippen LogP contribution in [0.1, 0.15) is 18.7 Å². The van der Waals surface area contributed by atoms with Gasteiger partial charge in [-0.05, 0) is 37.6 Å². The molecule has 2 nitrogen and oxygen atoms in total. The van der Waals surface area contributed by atoms with Crippen molar-refractivity contribution in [2.24, 2.45) is 0 Å². The van der Waals surface area contributed by atoms with Crippen molar-refractivity contribution in [2.75, 3.05) is 7.05 Å². The third-order valence-electron chi connectivity index (χ3n) is 3.20. The van der Waals surface area contributed by atoms with E-state index in [2.05, 4.69) is 18.2 Å². The van der Waals surface area contributed by atoms with Gasteiger partial charge in [0.15, 0.2) is 0 Å². The van der Waals surface area contributed by atoms with E-state index in [0.29, 0.717) is 0 Å². The number of rotatable bonds is 4. The van der Waals surface area contributed by atoms with Crippen molar-refractivity contribution in [3.8, 4) is 10.4 Å². The van der Waals surface area contributed by atoms with Crippen LogP contribution in [0.5, 0.6) is 0 Å². The first-order valence-corrected chi connectivity index (χ1v) is 7.49. The lowest BCUT2D eigenvalue weighted by molar-refractivity contribution is -0.126. The molecule has 1 aromatic heterocycles. The Kier molecular flexibility index (Phi) is 4.74. The Morgan fingerprint density at radius 2 is 1.85 bits per heavy atom. The van der Waals surface area contributed by atoms with Crippen molar-refractivity contribution in [2.45, 2.75) is 19.9 Å². The smallest absolute Gasteiger partial charge is 0.246 e. The third kappa shape index (κ3) is 3.58. The molecule has 2 aromatic rings. The summed E-state index contributed by atoms with van der Waals surface area (Å²) in [6, 6.07) is 14.6. The quantitative estimate of drug-likeness (QED) is 0.767. The predicted molar refractivity (Wildman–Crippen MR) is 86.7 cm³/mol. The van der Waals surface area contributed by atoms with Crippen molar-refractivity contribution in [3.63, 3.8) is 0 Å². The van der Waals surface area contributed by atoms with Crippen LogP contribution in [0.2, 0.25) is 0 Å². The molecule has 0 aliphatic carbocycles. The number of carbonyl (C=O) groups is 1. The Morgan fingerprint density at radius 3 is 2.50 bits per heavy atom. The zero-order chi connectivity index (χ0) is 14.5. The van der Waals surface area contributed by atoms with Crippen LogP contribution in [-0.2, 0) is 4.79 Å². The average Bonchev–Trinajstić information content (AvgIpc) is 2.93. The largest absolute Gasteiger partial charge is 0.340 e. The molecule has 0 fully saturated rings. The van der Waals surface area contributed by atoms with Crippen LogP contribution in [-0.4, -0.2) is 23.9 Å². The topological polar surface area (TPSA) is 20.3 Å². The van der Waals surface area contributed by atoms with Gasteiger partial charge in [-0.2, -0.15) is 0 Å². The standard InChI is InChI=1S/C17H19NOS/c1-13(2)18(3)17(19)12-10-15-9-11-16(20-15)14-7-5-4-6-8-14/h4-13H,1-3H3/b12-10+.